The second-order valence-corrected chi connectivity index (χ2v) is 4.78. The maximum atomic E-state index is 11.6. The Bertz CT molecular complexity index is 610. The summed E-state index contributed by atoms with van der Waals surface area (Å²) >= 11 is 0. The molecule has 0 spiro atoms. The van der Waals surface area contributed by atoms with Crippen LogP contribution in [0, 0.1) is 0 Å². The van der Waals surface area contributed by atoms with Gasteiger partial charge in [-0.2, -0.15) is 0 Å². The number of halogens is 1. The fraction of sp³-hybridized carbons (Fsp3) is 0.400. The molecule has 1 unspecified atom stereocenters. The van der Waals surface area contributed by atoms with E-state index in [1.165, 1.54) is 0 Å². The highest BCUT2D eigenvalue weighted by molar-refractivity contribution is 5.85. The van der Waals surface area contributed by atoms with Crippen molar-refractivity contribution in [1.82, 2.24) is 5.32 Å². The quantitative estimate of drug-likeness (QED) is 0.890. The van der Waals surface area contributed by atoms with E-state index in [0.717, 1.165) is 5.39 Å². The molecule has 21 heavy (non-hydrogen) atoms. The summed E-state index contributed by atoms with van der Waals surface area (Å²) in [6.07, 6.45) is 0. The Kier molecular flexibility index (Phi) is 6.05. The number of para-hydroxylation sites is 1. The topological polar surface area (TPSA) is 77.5 Å². The number of nitrogens with one attached hydrogen (secondary N) is 1. The summed E-state index contributed by atoms with van der Waals surface area (Å²) in [6.45, 7) is 6.01. The lowest BCUT2D eigenvalue weighted by Crippen LogP contribution is -2.39. The van der Waals surface area contributed by atoms with Crippen molar-refractivity contribution in [1.29, 1.82) is 0 Å². The van der Waals surface area contributed by atoms with Gasteiger partial charge in [-0.15, -0.1) is 12.4 Å². The molecule has 0 radical (unpaired) electrons. The minimum atomic E-state index is -0.541. The van der Waals surface area contributed by atoms with Crippen molar-refractivity contribution in [2.24, 2.45) is 5.73 Å². The largest absolute Gasteiger partial charge is 0.490 e. The van der Waals surface area contributed by atoms with Gasteiger partial charge in [-0.3, -0.25) is 4.79 Å². The predicted molar refractivity (Wildman–Crippen MR) is 84.8 cm³/mol. The molecule has 1 aromatic heterocycles. The molecule has 0 aliphatic rings. The van der Waals surface area contributed by atoms with Crippen LogP contribution >= 0.6 is 12.4 Å². The molecule has 0 bridgehead atoms. The van der Waals surface area contributed by atoms with Gasteiger partial charge < -0.3 is 20.2 Å². The van der Waals surface area contributed by atoms with E-state index in [1.54, 1.807) is 6.92 Å². The normalized spacial score (nSPS) is 13.3. The molecule has 3 N–H and O–H groups in total. The van der Waals surface area contributed by atoms with E-state index in [4.69, 9.17) is 14.9 Å². The highest BCUT2D eigenvalue weighted by Crippen LogP contribution is 2.31. The smallest absolute Gasteiger partial charge is 0.237 e. The van der Waals surface area contributed by atoms with Crippen molar-refractivity contribution in [3.05, 3.63) is 30.0 Å². The average molecular weight is 313 g/mol. The van der Waals surface area contributed by atoms with Crippen LogP contribution in [0.4, 0.5) is 0 Å². The van der Waals surface area contributed by atoms with Crippen LogP contribution in [0.1, 0.15) is 32.6 Å². The Morgan fingerprint density at radius 1 is 1.43 bits per heavy atom. The van der Waals surface area contributed by atoms with Crippen molar-refractivity contribution in [3.8, 4) is 5.75 Å². The number of carbonyl (C=O) groups excluding carboxylic acids is 1. The van der Waals surface area contributed by atoms with Gasteiger partial charge >= 0.3 is 0 Å². The molecule has 0 fully saturated rings. The summed E-state index contributed by atoms with van der Waals surface area (Å²) < 4.78 is 11.3. The average Bonchev–Trinajstić information content (AvgIpc) is 2.84. The van der Waals surface area contributed by atoms with Crippen molar-refractivity contribution in [3.63, 3.8) is 0 Å². The molecule has 1 heterocycles. The van der Waals surface area contributed by atoms with E-state index in [0.29, 0.717) is 23.7 Å². The molecule has 0 aliphatic carbocycles. The molecular formula is C15H21ClN2O3. The lowest BCUT2D eigenvalue weighted by Gasteiger charge is -2.13. The van der Waals surface area contributed by atoms with Gasteiger partial charge in [0, 0.05) is 5.39 Å². The second kappa shape index (κ2) is 7.33. The first-order chi connectivity index (χ1) is 9.52. The zero-order chi connectivity index (χ0) is 14.7. The zero-order valence-corrected chi connectivity index (χ0v) is 13.2. The number of furan rings is 1. The lowest BCUT2D eigenvalue weighted by atomic mass is 10.2. The van der Waals surface area contributed by atoms with Crippen LogP contribution in [0.5, 0.6) is 5.75 Å². The summed E-state index contributed by atoms with van der Waals surface area (Å²) in [5.41, 5.74) is 6.24. The third-order valence-corrected chi connectivity index (χ3v) is 3.03. The Balaban J connectivity index is 0.00000220. The molecule has 0 saturated carbocycles. The Labute approximate surface area is 130 Å². The summed E-state index contributed by atoms with van der Waals surface area (Å²) in [7, 11) is 0. The van der Waals surface area contributed by atoms with Crippen molar-refractivity contribution < 1.29 is 13.9 Å². The van der Waals surface area contributed by atoms with Crippen molar-refractivity contribution in [2.75, 3.05) is 6.61 Å². The van der Waals surface area contributed by atoms with Crippen LogP contribution in [0.3, 0.4) is 0 Å². The lowest BCUT2D eigenvalue weighted by molar-refractivity contribution is -0.122. The van der Waals surface area contributed by atoms with Crippen LogP contribution < -0.4 is 15.8 Å². The van der Waals surface area contributed by atoms with Crippen LogP contribution in [-0.2, 0) is 4.79 Å². The molecular weight excluding hydrogens is 292 g/mol. The van der Waals surface area contributed by atoms with E-state index in [9.17, 15) is 4.79 Å². The molecule has 2 rings (SSSR count). The predicted octanol–water partition coefficient (Wildman–Crippen LogP) is 2.78. The highest BCUT2D eigenvalue weighted by Gasteiger charge is 2.17. The number of fused-ring (bicyclic) bond motifs is 1. The number of hydrogen-bond donors (Lipinski definition) is 2. The molecule has 5 nitrogen and oxygen atoms in total. The summed E-state index contributed by atoms with van der Waals surface area (Å²) in [5.74, 6) is 1.19. The van der Waals surface area contributed by atoms with Crippen LogP contribution in [0.15, 0.2) is 28.7 Å². The Morgan fingerprint density at radius 2 is 2.14 bits per heavy atom. The second-order valence-electron chi connectivity index (χ2n) is 4.78. The molecule has 6 heteroatoms. The van der Waals surface area contributed by atoms with Gasteiger partial charge in [-0.05, 0) is 32.9 Å². The van der Waals surface area contributed by atoms with E-state index in [2.05, 4.69) is 5.32 Å². The molecule has 2 aromatic rings. The van der Waals surface area contributed by atoms with Gasteiger partial charge in [0.2, 0.25) is 5.91 Å². The standard InChI is InChI=1S/C15H20N2O3.ClH/c1-4-19-12-7-5-6-11-8-13(20-14(11)12)10(3)17-15(18)9(2)16;/h5-10H,4,16H2,1-3H3,(H,17,18);1H/t9-,10?;/m1./s1. The van der Waals surface area contributed by atoms with Crippen LogP contribution in [0.25, 0.3) is 11.0 Å². The number of benzene rings is 1. The Morgan fingerprint density at radius 3 is 2.76 bits per heavy atom. The SMILES string of the molecule is CCOc1cccc2cc(C(C)NC(=O)[C@@H](C)N)oc12.Cl. The minimum Gasteiger partial charge on any atom is -0.490 e. The minimum absolute atomic E-state index is 0. The number of nitrogens with two attached hydrogens (primary N) is 1. The number of carbonyl (C=O) groups is 1. The maximum Gasteiger partial charge on any atom is 0.237 e. The Hall–Kier alpha value is -1.72. The van der Waals surface area contributed by atoms with Gasteiger partial charge in [0.25, 0.3) is 0 Å². The molecule has 1 aromatic carbocycles. The zero-order valence-electron chi connectivity index (χ0n) is 12.4. The number of hydrogen-bond acceptors (Lipinski definition) is 4. The third kappa shape index (κ3) is 3.89. The van der Waals surface area contributed by atoms with Gasteiger partial charge in [-0.1, -0.05) is 12.1 Å². The fourth-order valence-corrected chi connectivity index (χ4v) is 1.95. The van der Waals surface area contributed by atoms with Gasteiger partial charge in [0.15, 0.2) is 11.3 Å². The first kappa shape index (κ1) is 17.3. The summed E-state index contributed by atoms with van der Waals surface area (Å²) in [5, 5.41) is 3.76. The first-order valence-corrected chi connectivity index (χ1v) is 6.74. The molecule has 2 atom stereocenters. The molecule has 0 aliphatic heterocycles. The number of rotatable bonds is 5. The fourth-order valence-electron chi connectivity index (χ4n) is 1.95. The van der Waals surface area contributed by atoms with Gasteiger partial charge in [0.05, 0.1) is 18.7 Å². The molecule has 1 amide bonds. The van der Waals surface area contributed by atoms with E-state index in [1.807, 2.05) is 38.1 Å². The molecule has 0 saturated heterocycles. The third-order valence-electron chi connectivity index (χ3n) is 3.03. The summed E-state index contributed by atoms with van der Waals surface area (Å²) in [4.78, 5) is 11.6. The maximum absolute atomic E-state index is 11.6. The monoisotopic (exact) mass is 312 g/mol. The van der Waals surface area contributed by atoms with Crippen molar-refractivity contribution in [2.45, 2.75) is 32.9 Å². The first-order valence-electron chi connectivity index (χ1n) is 6.74. The van der Waals surface area contributed by atoms with E-state index in [-0.39, 0.29) is 24.4 Å². The van der Waals surface area contributed by atoms with Gasteiger partial charge in [-0.25, -0.2) is 0 Å². The van der Waals surface area contributed by atoms with E-state index >= 15 is 0 Å². The van der Waals surface area contributed by atoms with Gasteiger partial charge in [0.1, 0.15) is 5.76 Å². The number of ether oxygens (including phenoxy) is 1. The van der Waals surface area contributed by atoms with E-state index < -0.39 is 6.04 Å². The summed E-state index contributed by atoms with van der Waals surface area (Å²) in [6, 6.07) is 6.85. The number of amides is 1. The van der Waals surface area contributed by atoms with Crippen LogP contribution in [-0.4, -0.2) is 18.6 Å². The van der Waals surface area contributed by atoms with Crippen molar-refractivity contribution >= 4 is 29.3 Å². The van der Waals surface area contributed by atoms with Crippen LogP contribution in [0.2, 0.25) is 0 Å². The molecule has 116 valence electrons. The highest BCUT2D eigenvalue weighted by atomic mass is 35.5.